The van der Waals surface area contributed by atoms with E-state index < -0.39 is 6.10 Å². The molecule has 1 atom stereocenters. The first kappa shape index (κ1) is 72.0. The number of carbonyl (C=O) groups excluding carboxylic acids is 3. The number of carbonyl (C=O) groups is 3. The van der Waals surface area contributed by atoms with Crippen LogP contribution in [0.5, 0.6) is 0 Å². The molecule has 6 nitrogen and oxygen atoms in total. The van der Waals surface area contributed by atoms with Crippen LogP contribution in [-0.4, -0.2) is 37.2 Å². The molecule has 0 saturated heterocycles. The first-order valence-electron chi connectivity index (χ1n) is 31.0. The van der Waals surface area contributed by atoms with E-state index in [1.807, 2.05) is 0 Å². The predicted octanol–water partition coefficient (Wildman–Crippen LogP) is 21.3. The van der Waals surface area contributed by atoms with Gasteiger partial charge in [0.1, 0.15) is 13.2 Å². The summed E-state index contributed by atoms with van der Waals surface area (Å²) in [5, 5.41) is 0. The van der Waals surface area contributed by atoms with Crippen LogP contribution in [0.15, 0.2) is 158 Å². The smallest absolute Gasteiger partial charge is 0.306 e. The third-order valence-corrected chi connectivity index (χ3v) is 12.5. The summed E-state index contributed by atoms with van der Waals surface area (Å²) < 4.78 is 16.8. The molecule has 0 aromatic carbocycles. The number of hydrogen-bond acceptors (Lipinski definition) is 6. The van der Waals surface area contributed by atoms with Gasteiger partial charge in [0.05, 0.1) is 0 Å². The van der Waals surface area contributed by atoms with Gasteiger partial charge in [-0.15, -0.1) is 0 Å². The van der Waals surface area contributed by atoms with Gasteiger partial charge in [-0.2, -0.15) is 0 Å². The van der Waals surface area contributed by atoms with E-state index in [1.165, 1.54) is 77.0 Å². The fourth-order valence-electron chi connectivity index (χ4n) is 7.96. The third-order valence-electron chi connectivity index (χ3n) is 12.5. The van der Waals surface area contributed by atoms with Gasteiger partial charge in [-0.05, 0) is 122 Å². The molecule has 0 aliphatic carbocycles. The second-order valence-electron chi connectivity index (χ2n) is 19.9. The Kier molecular flexibility index (Phi) is 59.5. The topological polar surface area (TPSA) is 78.9 Å². The maximum absolute atomic E-state index is 12.9. The number of ether oxygens (including phenoxy) is 3. The van der Waals surface area contributed by atoms with Crippen LogP contribution in [0, 0.1) is 0 Å². The van der Waals surface area contributed by atoms with Crippen molar-refractivity contribution >= 4 is 17.9 Å². The van der Waals surface area contributed by atoms with Gasteiger partial charge < -0.3 is 14.2 Å². The van der Waals surface area contributed by atoms with Crippen molar-refractivity contribution in [2.24, 2.45) is 0 Å². The molecule has 0 spiro atoms. The van der Waals surface area contributed by atoms with Crippen LogP contribution in [0.1, 0.15) is 252 Å². The summed E-state index contributed by atoms with van der Waals surface area (Å²) in [5.41, 5.74) is 0. The Morgan fingerprint density at radius 3 is 0.844 bits per heavy atom. The lowest BCUT2D eigenvalue weighted by Crippen LogP contribution is -2.30. The second-order valence-corrected chi connectivity index (χ2v) is 19.9. The first-order valence-corrected chi connectivity index (χ1v) is 31.0. The van der Waals surface area contributed by atoms with Gasteiger partial charge in [-0.1, -0.05) is 269 Å². The van der Waals surface area contributed by atoms with E-state index in [9.17, 15) is 14.4 Å². The van der Waals surface area contributed by atoms with E-state index in [0.29, 0.717) is 19.3 Å². The molecule has 77 heavy (non-hydrogen) atoms. The summed E-state index contributed by atoms with van der Waals surface area (Å²) >= 11 is 0. The highest BCUT2D eigenvalue weighted by molar-refractivity contribution is 5.71. The lowest BCUT2D eigenvalue weighted by atomic mass is 10.0. The molecule has 0 heterocycles. The maximum Gasteiger partial charge on any atom is 0.306 e. The lowest BCUT2D eigenvalue weighted by Gasteiger charge is -2.18. The molecule has 0 aliphatic heterocycles. The minimum atomic E-state index is -0.832. The highest BCUT2D eigenvalue weighted by Gasteiger charge is 2.19. The highest BCUT2D eigenvalue weighted by Crippen LogP contribution is 2.15. The van der Waals surface area contributed by atoms with Crippen LogP contribution in [0.25, 0.3) is 0 Å². The summed E-state index contributed by atoms with van der Waals surface area (Å²) in [7, 11) is 0. The van der Waals surface area contributed by atoms with Crippen LogP contribution in [-0.2, 0) is 28.6 Å². The Balaban J connectivity index is 4.58. The fraction of sp³-hybridized carbons (Fsp3) is 0.592. The largest absolute Gasteiger partial charge is 0.462 e. The molecule has 6 heteroatoms. The van der Waals surface area contributed by atoms with Crippen molar-refractivity contribution in [3.05, 3.63) is 158 Å². The molecule has 0 aromatic heterocycles. The fourth-order valence-corrected chi connectivity index (χ4v) is 7.96. The zero-order valence-corrected chi connectivity index (χ0v) is 49.4. The minimum Gasteiger partial charge on any atom is -0.462 e. The van der Waals surface area contributed by atoms with E-state index in [-0.39, 0.29) is 44.0 Å². The van der Waals surface area contributed by atoms with Gasteiger partial charge in [0.15, 0.2) is 6.10 Å². The number of esters is 3. The van der Waals surface area contributed by atoms with Crippen LogP contribution in [0.4, 0.5) is 0 Å². The van der Waals surface area contributed by atoms with E-state index in [1.54, 1.807) is 0 Å². The van der Waals surface area contributed by atoms with E-state index in [0.717, 1.165) is 122 Å². The zero-order chi connectivity index (χ0) is 55.7. The van der Waals surface area contributed by atoms with E-state index >= 15 is 0 Å². The van der Waals surface area contributed by atoms with Crippen molar-refractivity contribution in [1.29, 1.82) is 0 Å². The number of rotatable bonds is 54. The number of unbranched alkanes of at least 4 members (excludes halogenated alkanes) is 17. The summed E-state index contributed by atoms with van der Waals surface area (Å²) in [4.78, 5) is 38.3. The zero-order valence-electron chi connectivity index (χ0n) is 49.4. The minimum absolute atomic E-state index is 0.119. The molecule has 0 amide bonds. The Bertz CT molecular complexity index is 1740. The average Bonchev–Trinajstić information content (AvgIpc) is 3.43. The molecule has 1 unspecified atom stereocenters. The Hall–Kier alpha value is -4.97. The molecular formula is C71H112O6. The van der Waals surface area contributed by atoms with Gasteiger partial charge in [0.2, 0.25) is 0 Å². The monoisotopic (exact) mass is 1060 g/mol. The first-order chi connectivity index (χ1) is 38.0. The summed E-state index contributed by atoms with van der Waals surface area (Å²) in [6, 6.07) is 0. The molecule has 0 bridgehead atoms. The normalized spacial score (nSPS) is 13.2. The van der Waals surface area contributed by atoms with Gasteiger partial charge in [-0.3, -0.25) is 14.4 Å². The van der Waals surface area contributed by atoms with Crippen molar-refractivity contribution in [3.63, 3.8) is 0 Å². The van der Waals surface area contributed by atoms with E-state index in [4.69, 9.17) is 14.2 Å². The summed E-state index contributed by atoms with van der Waals surface area (Å²) in [6.07, 6.45) is 92.4. The van der Waals surface area contributed by atoms with Gasteiger partial charge in [0, 0.05) is 19.3 Å². The molecule has 0 N–H and O–H groups in total. The SMILES string of the molecule is CC/C=C\C/C=C\C/C=C\C/C=C\C/C=C\C/C=C\C/C=C\CCCC(=O)OCC(COC(=O)CCCCCCCCCCCCCCCCC)OC(=O)CCCC/C=C\C/C=C\C/C=C\C/C=C\C/C=C\C/C=C\CC. The quantitative estimate of drug-likeness (QED) is 0.0261. The van der Waals surface area contributed by atoms with Crippen LogP contribution < -0.4 is 0 Å². The van der Waals surface area contributed by atoms with Crippen LogP contribution >= 0.6 is 0 Å². The van der Waals surface area contributed by atoms with Gasteiger partial charge in [0.25, 0.3) is 0 Å². The van der Waals surface area contributed by atoms with Crippen LogP contribution in [0.3, 0.4) is 0 Å². The van der Waals surface area contributed by atoms with Crippen molar-refractivity contribution in [2.45, 2.75) is 258 Å². The molecule has 0 rings (SSSR count). The molecule has 0 aliphatic rings. The summed E-state index contributed by atoms with van der Waals surface area (Å²) in [6.45, 7) is 6.33. The Morgan fingerprint density at radius 2 is 0.519 bits per heavy atom. The van der Waals surface area contributed by atoms with Crippen molar-refractivity contribution < 1.29 is 28.6 Å². The third kappa shape index (κ3) is 61.8. The molecule has 0 radical (unpaired) electrons. The van der Waals surface area contributed by atoms with Gasteiger partial charge >= 0.3 is 17.9 Å². The summed E-state index contributed by atoms with van der Waals surface area (Å²) in [5.74, 6) is -1.03. The highest BCUT2D eigenvalue weighted by atomic mass is 16.6. The molecule has 0 saturated carbocycles. The molecule has 432 valence electrons. The van der Waals surface area contributed by atoms with E-state index in [2.05, 4.69) is 179 Å². The van der Waals surface area contributed by atoms with Crippen molar-refractivity contribution in [2.75, 3.05) is 13.2 Å². The van der Waals surface area contributed by atoms with Crippen LogP contribution in [0.2, 0.25) is 0 Å². The molecule has 0 fully saturated rings. The average molecular weight is 1060 g/mol. The Morgan fingerprint density at radius 1 is 0.273 bits per heavy atom. The predicted molar refractivity (Wildman–Crippen MR) is 334 cm³/mol. The van der Waals surface area contributed by atoms with Gasteiger partial charge in [-0.25, -0.2) is 0 Å². The molecular weight excluding hydrogens is 949 g/mol. The van der Waals surface area contributed by atoms with Crippen molar-refractivity contribution in [1.82, 2.24) is 0 Å². The molecule has 0 aromatic rings. The lowest BCUT2D eigenvalue weighted by molar-refractivity contribution is -0.167. The number of allylic oxidation sites excluding steroid dienone is 26. The number of hydrogen-bond donors (Lipinski definition) is 0. The Labute approximate surface area is 473 Å². The second kappa shape index (κ2) is 63.6. The standard InChI is InChI=1S/C71H112O6/c1-4-7-10-13-16-19-22-25-28-30-32-34-35-37-38-40-43-46-49-52-55-58-61-64-70(73)76-67-68(66-75-69(72)63-60-57-54-51-48-45-42-27-24-21-18-15-12-9-6-3)77-71(74)65-62-59-56-53-50-47-44-41-39-36-33-31-29-26-23-20-17-14-11-8-5-2/h7-8,10-11,16-17,19-20,25-26,28-29,32-34,36-38,41,43-44,46,50,52-53,55,68H,4-6,9,12-15,18,21-24,27,30-31,35,39-40,42,45,47-49,51,54,56-67H2,1-3H3/b10-7-,11-8-,19-16-,20-17-,28-25-,29-26-,34-32-,36-33-,38-37-,44-41-,46-43-,53-50-,55-52-. The van der Waals surface area contributed by atoms with Crippen molar-refractivity contribution in [3.8, 4) is 0 Å². The maximum atomic E-state index is 12.9.